The van der Waals surface area contributed by atoms with E-state index in [2.05, 4.69) is 16.3 Å². The van der Waals surface area contributed by atoms with E-state index in [4.69, 9.17) is 0 Å². The van der Waals surface area contributed by atoms with Gasteiger partial charge in [-0.2, -0.15) is 0 Å². The number of amides is 1. The fraction of sp³-hybridized carbons (Fsp3) is 0.737. The molecule has 24 heavy (non-hydrogen) atoms. The molecule has 3 nitrogen and oxygen atoms in total. The molecule has 0 atom stereocenters. The highest BCUT2D eigenvalue weighted by Gasteiger charge is 2.37. The number of halogens is 1. The van der Waals surface area contributed by atoms with E-state index >= 15 is 0 Å². The highest BCUT2D eigenvalue weighted by molar-refractivity contribution is 7.14. The van der Waals surface area contributed by atoms with Crippen molar-refractivity contribution >= 4 is 29.7 Å². The molecule has 2 aliphatic heterocycles. The molecule has 0 aromatic carbocycles. The smallest absolute Gasteiger partial charge is 0.263 e. The Labute approximate surface area is 155 Å². The quantitative estimate of drug-likeness (QED) is 0.758. The lowest BCUT2D eigenvalue weighted by Gasteiger charge is -2.44. The average Bonchev–Trinajstić information content (AvgIpc) is 2.87. The van der Waals surface area contributed by atoms with Crippen LogP contribution in [0.25, 0.3) is 0 Å². The summed E-state index contributed by atoms with van der Waals surface area (Å²) in [6.07, 6.45) is 11.3. The molecule has 3 heterocycles. The number of hydrogen-bond donors (Lipinski definition) is 1. The minimum absolute atomic E-state index is 0. The van der Waals surface area contributed by atoms with Crippen LogP contribution in [0.4, 0.5) is 0 Å². The summed E-state index contributed by atoms with van der Waals surface area (Å²) in [5.41, 5.74) is 1.98. The molecule has 0 saturated carbocycles. The predicted octanol–water partition coefficient (Wildman–Crippen LogP) is 4.04. The van der Waals surface area contributed by atoms with E-state index in [0.717, 1.165) is 31.1 Å². The molecule has 5 heteroatoms. The summed E-state index contributed by atoms with van der Waals surface area (Å²) in [5, 5.41) is 3.47. The number of rotatable bonds is 1. The van der Waals surface area contributed by atoms with Gasteiger partial charge in [-0.3, -0.25) is 4.79 Å². The number of carbonyl (C=O) groups is 1. The molecule has 1 N–H and O–H groups in total. The highest BCUT2D eigenvalue weighted by Crippen LogP contribution is 2.40. The summed E-state index contributed by atoms with van der Waals surface area (Å²) in [5.74, 6) is 0.298. The zero-order valence-corrected chi connectivity index (χ0v) is 16.1. The standard InChI is InChI=1S/C19H28N2OS.ClH/c22-18(17-14-15-4-2-1-3-5-16(15)23-17)21-12-8-19(9-13-21)6-10-20-11-7-19;/h14,20H,1-13H2;1H. The maximum absolute atomic E-state index is 12.9. The van der Waals surface area contributed by atoms with Gasteiger partial charge in [-0.25, -0.2) is 0 Å². The molecule has 0 unspecified atom stereocenters. The number of fused-ring (bicyclic) bond motifs is 1. The van der Waals surface area contributed by atoms with Gasteiger partial charge in [-0.05, 0) is 81.5 Å². The van der Waals surface area contributed by atoms with Crippen molar-refractivity contribution in [2.45, 2.75) is 57.8 Å². The Morgan fingerprint density at radius 1 is 1.04 bits per heavy atom. The van der Waals surface area contributed by atoms with E-state index in [0.29, 0.717) is 11.3 Å². The maximum atomic E-state index is 12.9. The number of likely N-dealkylation sites (tertiary alicyclic amines) is 1. The fourth-order valence-corrected chi connectivity index (χ4v) is 5.79. The van der Waals surface area contributed by atoms with Crippen molar-refractivity contribution in [3.8, 4) is 0 Å². The van der Waals surface area contributed by atoms with Crippen LogP contribution in [-0.2, 0) is 12.8 Å². The van der Waals surface area contributed by atoms with Crippen molar-refractivity contribution < 1.29 is 4.79 Å². The molecule has 134 valence electrons. The minimum atomic E-state index is 0. The SMILES string of the molecule is Cl.O=C(c1cc2c(s1)CCCCC2)N1CCC2(CCNCC2)CC1. The lowest BCUT2D eigenvalue weighted by molar-refractivity contribution is 0.0500. The van der Waals surface area contributed by atoms with Gasteiger partial charge in [0, 0.05) is 18.0 Å². The summed E-state index contributed by atoms with van der Waals surface area (Å²) < 4.78 is 0. The first kappa shape index (κ1) is 18.2. The third kappa shape index (κ3) is 3.66. The first-order valence-electron chi connectivity index (χ1n) is 9.37. The minimum Gasteiger partial charge on any atom is -0.338 e. The van der Waals surface area contributed by atoms with E-state index < -0.39 is 0 Å². The third-order valence-electron chi connectivity index (χ3n) is 6.23. The molecule has 2 fully saturated rings. The van der Waals surface area contributed by atoms with Crippen molar-refractivity contribution in [2.24, 2.45) is 5.41 Å². The summed E-state index contributed by atoms with van der Waals surface area (Å²) in [7, 11) is 0. The molecule has 1 aromatic rings. The van der Waals surface area contributed by atoms with Crippen LogP contribution in [0.5, 0.6) is 0 Å². The van der Waals surface area contributed by atoms with Crippen molar-refractivity contribution in [1.29, 1.82) is 0 Å². The summed E-state index contributed by atoms with van der Waals surface area (Å²) in [6, 6.07) is 2.21. The summed E-state index contributed by atoms with van der Waals surface area (Å²) in [6.45, 7) is 4.24. The van der Waals surface area contributed by atoms with E-state index in [-0.39, 0.29) is 12.4 Å². The Hall–Kier alpha value is -0.580. The Bertz CT molecular complexity index is 546. The fourth-order valence-electron chi connectivity index (χ4n) is 4.57. The monoisotopic (exact) mass is 368 g/mol. The number of hydrogen-bond acceptors (Lipinski definition) is 3. The molecule has 3 aliphatic rings. The maximum Gasteiger partial charge on any atom is 0.263 e. The van der Waals surface area contributed by atoms with Gasteiger partial charge in [0.2, 0.25) is 0 Å². The number of thiophene rings is 1. The predicted molar refractivity (Wildman–Crippen MR) is 103 cm³/mol. The Morgan fingerprint density at radius 2 is 1.75 bits per heavy atom. The Balaban J connectivity index is 0.00000169. The lowest BCUT2D eigenvalue weighted by atomic mass is 9.71. The van der Waals surface area contributed by atoms with Crippen molar-refractivity contribution in [2.75, 3.05) is 26.2 Å². The van der Waals surface area contributed by atoms with Crippen LogP contribution in [-0.4, -0.2) is 37.0 Å². The van der Waals surface area contributed by atoms with Gasteiger partial charge >= 0.3 is 0 Å². The largest absolute Gasteiger partial charge is 0.338 e. The van der Waals surface area contributed by atoms with Gasteiger partial charge in [0.1, 0.15) is 0 Å². The molecule has 1 aliphatic carbocycles. The second-order valence-corrected chi connectivity index (χ2v) is 8.80. The molecule has 0 bridgehead atoms. The molecular formula is C19H29ClN2OS. The van der Waals surface area contributed by atoms with Crippen LogP contribution in [0.3, 0.4) is 0 Å². The second-order valence-electron chi connectivity index (χ2n) is 7.66. The van der Waals surface area contributed by atoms with Crippen LogP contribution in [0.15, 0.2) is 6.07 Å². The molecule has 1 aromatic heterocycles. The molecule has 1 amide bonds. The molecule has 4 rings (SSSR count). The zero-order valence-electron chi connectivity index (χ0n) is 14.4. The second kappa shape index (κ2) is 7.76. The van der Waals surface area contributed by atoms with Crippen LogP contribution < -0.4 is 5.32 Å². The summed E-state index contributed by atoms with van der Waals surface area (Å²) in [4.78, 5) is 17.5. The van der Waals surface area contributed by atoms with E-state index in [1.54, 1.807) is 11.3 Å². The van der Waals surface area contributed by atoms with E-state index in [9.17, 15) is 4.79 Å². The third-order valence-corrected chi connectivity index (χ3v) is 7.46. The van der Waals surface area contributed by atoms with Gasteiger partial charge in [-0.15, -0.1) is 23.7 Å². The molecule has 2 saturated heterocycles. The Morgan fingerprint density at radius 3 is 2.50 bits per heavy atom. The highest BCUT2D eigenvalue weighted by atomic mass is 35.5. The molecular weight excluding hydrogens is 340 g/mol. The van der Waals surface area contributed by atoms with E-state index in [1.165, 1.54) is 68.2 Å². The van der Waals surface area contributed by atoms with Gasteiger partial charge in [0.05, 0.1) is 4.88 Å². The van der Waals surface area contributed by atoms with Gasteiger partial charge in [0.25, 0.3) is 5.91 Å². The van der Waals surface area contributed by atoms with Crippen LogP contribution in [0.2, 0.25) is 0 Å². The summed E-state index contributed by atoms with van der Waals surface area (Å²) >= 11 is 1.78. The van der Waals surface area contributed by atoms with Gasteiger partial charge in [0.15, 0.2) is 0 Å². The van der Waals surface area contributed by atoms with Crippen LogP contribution in [0, 0.1) is 5.41 Å². The Kier molecular flexibility index (Phi) is 5.89. The topological polar surface area (TPSA) is 32.3 Å². The number of piperidine rings is 2. The first-order valence-corrected chi connectivity index (χ1v) is 10.2. The lowest BCUT2D eigenvalue weighted by Crippen LogP contribution is -2.47. The number of aryl methyl sites for hydroxylation is 2. The first-order chi connectivity index (χ1) is 11.3. The van der Waals surface area contributed by atoms with Gasteiger partial charge in [-0.1, -0.05) is 6.42 Å². The van der Waals surface area contributed by atoms with Crippen molar-refractivity contribution in [1.82, 2.24) is 10.2 Å². The number of nitrogens with zero attached hydrogens (tertiary/aromatic N) is 1. The zero-order chi connectivity index (χ0) is 15.7. The van der Waals surface area contributed by atoms with Crippen LogP contribution >= 0.6 is 23.7 Å². The number of carbonyl (C=O) groups excluding carboxylic acids is 1. The molecule has 1 spiro atoms. The van der Waals surface area contributed by atoms with Crippen molar-refractivity contribution in [3.05, 3.63) is 21.4 Å². The number of nitrogens with one attached hydrogen (secondary N) is 1. The van der Waals surface area contributed by atoms with Crippen LogP contribution in [0.1, 0.15) is 65.1 Å². The normalized spacial score (nSPS) is 23.2. The van der Waals surface area contributed by atoms with Gasteiger partial charge < -0.3 is 10.2 Å². The average molecular weight is 369 g/mol. The van der Waals surface area contributed by atoms with E-state index in [1.807, 2.05) is 0 Å². The van der Waals surface area contributed by atoms with Crippen molar-refractivity contribution in [3.63, 3.8) is 0 Å². The molecule has 0 radical (unpaired) electrons.